The Balaban J connectivity index is 1.48. The fraction of sp³-hybridized carbons (Fsp3) is 0.310. The van der Waals surface area contributed by atoms with E-state index in [1.54, 1.807) is 0 Å². The number of ether oxygens (including phenoxy) is 1. The summed E-state index contributed by atoms with van der Waals surface area (Å²) >= 11 is 0. The summed E-state index contributed by atoms with van der Waals surface area (Å²) in [5.74, 6) is -0.254. The summed E-state index contributed by atoms with van der Waals surface area (Å²) in [7, 11) is 0. The predicted octanol–water partition coefficient (Wildman–Crippen LogP) is 5.91. The number of aliphatic hydroxyl groups is 1. The van der Waals surface area contributed by atoms with Gasteiger partial charge in [0.25, 0.3) is 0 Å². The molecule has 36 heavy (non-hydrogen) atoms. The minimum atomic E-state index is -0.534. The zero-order chi connectivity index (χ0) is 25.4. The van der Waals surface area contributed by atoms with E-state index in [-0.39, 0.29) is 22.6 Å². The number of carbonyl (C=O) groups excluding carboxylic acids is 1. The van der Waals surface area contributed by atoms with Gasteiger partial charge < -0.3 is 14.8 Å². The number of aryl methyl sites for hydroxylation is 1. The van der Waals surface area contributed by atoms with Crippen molar-refractivity contribution >= 4 is 33.5 Å². The lowest BCUT2D eigenvalue weighted by Crippen LogP contribution is -2.29. The maximum absolute atomic E-state index is 13.5. The maximum atomic E-state index is 13.5. The second-order valence-electron chi connectivity index (χ2n) is 10.3. The summed E-state index contributed by atoms with van der Waals surface area (Å²) in [6, 6.07) is 16.9. The van der Waals surface area contributed by atoms with Crippen molar-refractivity contribution in [1.29, 1.82) is 5.26 Å². The molecule has 0 saturated carbocycles. The molecule has 182 valence electrons. The molecule has 1 atom stereocenters. The first-order chi connectivity index (χ1) is 17.3. The van der Waals surface area contributed by atoms with Gasteiger partial charge in [-0.1, -0.05) is 51.1 Å². The molecule has 0 amide bonds. The van der Waals surface area contributed by atoms with Crippen molar-refractivity contribution in [2.24, 2.45) is 11.3 Å². The van der Waals surface area contributed by atoms with Gasteiger partial charge in [-0.2, -0.15) is 5.26 Å². The molecule has 0 spiro atoms. The van der Waals surface area contributed by atoms with Crippen LogP contribution in [0, 0.1) is 22.7 Å². The molecule has 1 aliphatic rings. The van der Waals surface area contributed by atoms with Gasteiger partial charge in [0.1, 0.15) is 18.2 Å². The van der Waals surface area contributed by atoms with Crippen LogP contribution in [0.2, 0.25) is 0 Å². The van der Waals surface area contributed by atoms with Gasteiger partial charge in [0.2, 0.25) is 0 Å². The molecular weight excluding hydrogens is 452 g/mol. The number of esters is 1. The van der Waals surface area contributed by atoms with Crippen molar-refractivity contribution in [3.63, 3.8) is 0 Å². The molecule has 7 heteroatoms. The quantitative estimate of drug-likeness (QED) is 0.213. The van der Waals surface area contributed by atoms with E-state index in [1.165, 1.54) is 0 Å². The van der Waals surface area contributed by atoms with Crippen molar-refractivity contribution in [2.45, 2.75) is 40.0 Å². The number of benzene rings is 2. The molecule has 0 bridgehead atoms. The third-order valence-corrected chi connectivity index (χ3v) is 7.05. The third kappa shape index (κ3) is 4.31. The number of aromatic nitrogens is 3. The van der Waals surface area contributed by atoms with E-state index in [1.807, 2.05) is 54.6 Å². The zero-order valence-corrected chi connectivity index (χ0v) is 20.6. The van der Waals surface area contributed by atoms with Crippen LogP contribution in [-0.4, -0.2) is 32.6 Å². The van der Waals surface area contributed by atoms with Crippen LogP contribution in [-0.2, 0) is 17.6 Å². The molecule has 1 unspecified atom stereocenters. The summed E-state index contributed by atoms with van der Waals surface area (Å²) < 4.78 is 5.60. The monoisotopic (exact) mass is 480 g/mol. The first kappa shape index (κ1) is 23.6. The number of nitriles is 1. The van der Waals surface area contributed by atoms with Crippen LogP contribution in [0.15, 0.2) is 54.3 Å². The van der Waals surface area contributed by atoms with Crippen LogP contribution >= 0.6 is 0 Å². The molecule has 4 aromatic rings. The number of hydrogen-bond acceptors (Lipinski definition) is 6. The number of aromatic amines is 1. The largest absolute Gasteiger partial charge is 0.507 e. The summed E-state index contributed by atoms with van der Waals surface area (Å²) in [5.41, 5.74) is 4.55. The summed E-state index contributed by atoms with van der Waals surface area (Å²) in [6.07, 6.45) is 2.56. The molecule has 2 heterocycles. The normalized spacial score (nSPS) is 16.3. The number of nitrogens with one attached hydrogen (secondary N) is 1. The number of pyridine rings is 1. The highest BCUT2D eigenvalue weighted by molar-refractivity contribution is 6.05. The highest BCUT2D eigenvalue weighted by atomic mass is 16.5. The van der Waals surface area contributed by atoms with Crippen molar-refractivity contribution in [2.75, 3.05) is 6.61 Å². The summed E-state index contributed by atoms with van der Waals surface area (Å²) in [5, 5.41) is 21.1. The Morgan fingerprint density at radius 1 is 1.14 bits per heavy atom. The van der Waals surface area contributed by atoms with Crippen molar-refractivity contribution in [1.82, 2.24) is 15.0 Å². The number of aliphatic hydroxyl groups excluding tert-OH is 1. The number of nitrogens with zero attached hydrogens (tertiary/aromatic N) is 3. The Morgan fingerprint density at radius 3 is 2.58 bits per heavy atom. The predicted molar refractivity (Wildman–Crippen MR) is 138 cm³/mol. The number of carbonyl (C=O) groups is 1. The number of fused-ring (bicyclic) bond motifs is 3. The topological polar surface area (TPSA) is 112 Å². The van der Waals surface area contributed by atoms with Gasteiger partial charge >= 0.3 is 5.97 Å². The summed E-state index contributed by atoms with van der Waals surface area (Å²) in [4.78, 5) is 25.7. The van der Waals surface area contributed by atoms with E-state index in [0.717, 1.165) is 46.9 Å². The molecular formula is C29H28N4O3. The number of allylic oxidation sites excluding steroid dienone is 1. The standard InChI is InChI=1S/C29H28N4O3/c1-29(2,3)17-12-13-22-19(14-17)26(18-8-4-5-9-21(18)31-22)28(35)36-16-25(34)20(15-30)27-32-23-10-6-7-11-24(23)33-27/h4-11,17,34H,12-14,16H2,1-3H3,(H,32,33)/b25-20-. The lowest BCUT2D eigenvalue weighted by molar-refractivity contribution is 0.0502. The Bertz CT molecular complexity index is 1520. The molecule has 5 rings (SSSR count). The molecule has 0 aliphatic heterocycles. The Labute approximate surface area is 209 Å². The van der Waals surface area contributed by atoms with Gasteiger partial charge in [-0.05, 0) is 54.4 Å². The van der Waals surface area contributed by atoms with Gasteiger partial charge in [-0.3, -0.25) is 4.98 Å². The van der Waals surface area contributed by atoms with Crippen LogP contribution in [0.1, 0.15) is 54.6 Å². The third-order valence-electron chi connectivity index (χ3n) is 7.05. The van der Waals surface area contributed by atoms with Crippen molar-refractivity contribution < 1.29 is 14.6 Å². The minimum absolute atomic E-state index is 0.0617. The lowest BCUT2D eigenvalue weighted by Gasteiger charge is -2.35. The van der Waals surface area contributed by atoms with Gasteiger partial charge in [-0.25, -0.2) is 9.78 Å². The minimum Gasteiger partial charge on any atom is -0.507 e. The van der Waals surface area contributed by atoms with E-state index < -0.39 is 12.6 Å². The van der Waals surface area contributed by atoms with E-state index in [4.69, 9.17) is 9.72 Å². The number of rotatable bonds is 4. The van der Waals surface area contributed by atoms with E-state index in [9.17, 15) is 15.2 Å². The number of imidazole rings is 1. The van der Waals surface area contributed by atoms with E-state index >= 15 is 0 Å². The highest BCUT2D eigenvalue weighted by Gasteiger charge is 2.33. The van der Waals surface area contributed by atoms with Gasteiger partial charge in [0.15, 0.2) is 11.6 Å². The number of para-hydroxylation sites is 3. The Morgan fingerprint density at radius 2 is 1.86 bits per heavy atom. The van der Waals surface area contributed by atoms with Crippen molar-refractivity contribution in [3.8, 4) is 6.07 Å². The number of H-pyrrole nitrogens is 1. The molecule has 0 fully saturated rings. The maximum Gasteiger partial charge on any atom is 0.339 e. The summed E-state index contributed by atoms with van der Waals surface area (Å²) in [6.45, 7) is 6.23. The van der Waals surface area contributed by atoms with Crippen LogP contribution in [0.3, 0.4) is 0 Å². The molecule has 0 radical (unpaired) electrons. The number of hydrogen-bond donors (Lipinski definition) is 2. The van der Waals surface area contributed by atoms with Gasteiger partial charge in [-0.15, -0.1) is 0 Å². The second-order valence-corrected chi connectivity index (χ2v) is 10.3. The molecule has 0 saturated heterocycles. The second kappa shape index (κ2) is 9.12. The molecule has 7 nitrogen and oxygen atoms in total. The van der Waals surface area contributed by atoms with Gasteiger partial charge in [0, 0.05) is 11.1 Å². The Kier molecular flexibility index (Phi) is 5.97. The van der Waals surface area contributed by atoms with Crippen LogP contribution in [0.4, 0.5) is 0 Å². The van der Waals surface area contributed by atoms with E-state index in [0.29, 0.717) is 17.0 Å². The van der Waals surface area contributed by atoms with Crippen LogP contribution < -0.4 is 0 Å². The van der Waals surface area contributed by atoms with Crippen LogP contribution in [0.5, 0.6) is 0 Å². The Hall–Kier alpha value is -4.18. The fourth-order valence-corrected chi connectivity index (χ4v) is 4.96. The van der Waals surface area contributed by atoms with Crippen LogP contribution in [0.25, 0.3) is 27.5 Å². The SMILES string of the molecule is CC(C)(C)C1CCc2nc3ccccc3c(C(=O)OC/C(O)=C(\C#N)c3nc4ccccc4[nH]3)c2C1. The zero-order valence-electron chi connectivity index (χ0n) is 20.6. The molecule has 2 aromatic carbocycles. The fourth-order valence-electron chi connectivity index (χ4n) is 4.96. The van der Waals surface area contributed by atoms with E-state index in [2.05, 4.69) is 30.7 Å². The van der Waals surface area contributed by atoms with Gasteiger partial charge in [0.05, 0.1) is 22.1 Å². The first-order valence-electron chi connectivity index (χ1n) is 12.1. The lowest BCUT2D eigenvalue weighted by atomic mass is 9.70. The molecule has 1 aliphatic carbocycles. The van der Waals surface area contributed by atoms with Crippen molar-refractivity contribution in [3.05, 3.63) is 76.9 Å². The first-order valence-corrected chi connectivity index (χ1v) is 12.1. The average Bonchev–Trinajstić information content (AvgIpc) is 3.29. The average molecular weight is 481 g/mol. The smallest absolute Gasteiger partial charge is 0.339 e. The molecule has 2 aromatic heterocycles. The molecule has 2 N–H and O–H groups in total. The highest BCUT2D eigenvalue weighted by Crippen LogP contribution is 2.39.